The van der Waals surface area contributed by atoms with Gasteiger partial charge in [-0.1, -0.05) is 13.8 Å². The molecule has 0 radical (unpaired) electrons. The van der Waals surface area contributed by atoms with Gasteiger partial charge in [0.05, 0.1) is 33.0 Å². The number of nitrogens with zero attached hydrogens (tertiary/aromatic N) is 2. The number of likely N-dealkylation sites (N-methyl/N-ethyl adjacent to an activating group) is 1. The molecule has 1 unspecified atom stereocenters. The predicted molar refractivity (Wildman–Crippen MR) is 145 cm³/mol. The Kier molecular flexibility index (Phi) is 5.39. The van der Waals surface area contributed by atoms with Gasteiger partial charge in [-0.2, -0.15) is 4.58 Å². The van der Waals surface area contributed by atoms with E-state index in [9.17, 15) is 29.4 Å². The van der Waals surface area contributed by atoms with E-state index in [0.717, 1.165) is 28.2 Å². The van der Waals surface area contributed by atoms with Crippen LogP contribution in [0.2, 0.25) is 0 Å². The standard InChI is InChI=1S/C30H28N2O6/c1-29(2)19-11-15(27(35)36)7-9-21(19)31(5)23(29)13-17-25(33)18(26(17)34)14-24-30(3,4)20-12-16(28(37)38)8-10-22(20)32(24)6/h7-14,23H,1-6H3,(H-,35,36,37,38)/p+1. The zero-order valence-electron chi connectivity index (χ0n) is 22.1. The summed E-state index contributed by atoms with van der Waals surface area (Å²) in [5.74, 6) is -2.02. The van der Waals surface area contributed by atoms with Gasteiger partial charge in [0.1, 0.15) is 7.05 Å². The summed E-state index contributed by atoms with van der Waals surface area (Å²) < 4.78 is 1.89. The Morgan fingerprint density at radius 3 is 2.03 bits per heavy atom. The molecule has 194 valence electrons. The zero-order valence-corrected chi connectivity index (χ0v) is 22.1. The quantitative estimate of drug-likeness (QED) is 0.511. The topological polar surface area (TPSA) is 115 Å². The van der Waals surface area contributed by atoms with Crippen LogP contribution in [0.25, 0.3) is 12.2 Å². The maximum absolute atomic E-state index is 13.3. The molecule has 0 saturated carbocycles. The summed E-state index contributed by atoms with van der Waals surface area (Å²) in [6.45, 7) is 7.83. The molecule has 0 amide bonds. The van der Waals surface area contributed by atoms with Gasteiger partial charge in [0.25, 0.3) is 0 Å². The van der Waals surface area contributed by atoms with E-state index in [4.69, 9.17) is 0 Å². The van der Waals surface area contributed by atoms with Crippen LogP contribution >= 0.6 is 0 Å². The lowest BCUT2D eigenvalue weighted by atomic mass is 9.79. The van der Waals surface area contributed by atoms with E-state index >= 15 is 0 Å². The first-order chi connectivity index (χ1) is 17.7. The third-order valence-corrected chi connectivity index (χ3v) is 8.34. The molecule has 0 fully saturated rings. The molecule has 0 bridgehead atoms. The summed E-state index contributed by atoms with van der Waals surface area (Å²) in [6.07, 6.45) is 3.32. The molecule has 5 rings (SSSR count). The van der Waals surface area contributed by atoms with Crippen LogP contribution in [0, 0.1) is 0 Å². The number of carboxylic acids is 2. The highest BCUT2D eigenvalue weighted by Gasteiger charge is 2.45. The Bertz CT molecular complexity index is 1770. The van der Waals surface area contributed by atoms with Gasteiger partial charge in [-0.05, 0) is 55.8 Å². The highest BCUT2D eigenvalue weighted by molar-refractivity contribution is 6.15. The number of hydrogen-bond donors (Lipinski definition) is 2. The summed E-state index contributed by atoms with van der Waals surface area (Å²) in [5, 5.41) is 19.1. The highest BCUT2D eigenvalue weighted by Crippen LogP contribution is 2.45. The largest absolute Gasteiger partial charge is 0.478 e. The van der Waals surface area contributed by atoms with E-state index in [1.54, 1.807) is 48.6 Å². The van der Waals surface area contributed by atoms with E-state index in [0.29, 0.717) is 0 Å². The number of aromatic carboxylic acids is 2. The van der Waals surface area contributed by atoms with Crippen molar-refractivity contribution in [2.45, 2.75) is 44.6 Å². The molecule has 2 N–H and O–H groups in total. The van der Waals surface area contributed by atoms with Crippen LogP contribution in [-0.4, -0.2) is 52.6 Å². The average Bonchev–Trinajstić information content (AvgIpc) is 3.17. The van der Waals surface area contributed by atoms with Crippen LogP contribution in [0.3, 0.4) is 0 Å². The van der Waals surface area contributed by atoms with Crippen molar-refractivity contribution in [3.05, 3.63) is 89.5 Å². The van der Waals surface area contributed by atoms with Crippen LogP contribution in [0.5, 0.6) is 0 Å². The smallest absolute Gasteiger partial charge is 0.335 e. The lowest BCUT2D eigenvalue weighted by Gasteiger charge is -2.29. The number of rotatable bonds is 4. The Morgan fingerprint density at radius 2 is 1.45 bits per heavy atom. The second kappa shape index (κ2) is 8.08. The summed E-state index contributed by atoms with van der Waals surface area (Å²) in [4.78, 5) is 51.5. The van der Waals surface area contributed by atoms with Crippen LogP contribution in [0.15, 0.2) is 46.0 Å². The minimum Gasteiger partial charge on any atom is -0.478 e. The maximum atomic E-state index is 13.3. The van der Waals surface area contributed by atoms with Gasteiger partial charge in [-0.25, -0.2) is 9.59 Å². The first kappa shape index (κ1) is 25.3. The average molecular weight is 514 g/mol. The minimum atomic E-state index is -1.02. The molecule has 8 nitrogen and oxygen atoms in total. The van der Waals surface area contributed by atoms with Crippen molar-refractivity contribution in [2.24, 2.45) is 0 Å². The Hall–Kier alpha value is -4.33. The third-order valence-electron chi connectivity index (χ3n) is 8.34. The lowest BCUT2D eigenvalue weighted by Crippen LogP contribution is -2.66. The fraction of sp³-hybridized carbons (Fsp3) is 0.300. The normalized spacial score (nSPS) is 18.9. The Balaban J connectivity index is 1.58. The molecule has 38 heavy (non-hydrogen) atoms. The van der Waals surface area contributed by atoms with Crippen molar-refractivity contribution >= 4 is 41.2 Å². The second-order valence-electron chi connectivity index (χ2n) is 11.2. The molecular formula is C30H29N2O6+. The first-order valence-electron chi connectivity index (χ1n) is 12.3. The summed E-state index contributed by atoms with van der Waals surface area (Å²) >= 11 is 0. The lowest BCUT2D eigenvalue weighted by molar-refractivity contribution is -0.400. The van der Waals surface area contributed by atoms with Crippen molar-refractivity contribution in [2.75, 3.05) is 19.0 Å². The maximum Gasteiger partial charge on any atom is 0.335 e. The van der Waals surface area contributed by atoms with Gasteiger partial charge in [-0.15, -0.1) is 0 Å². The van der Waals surface area contributed by atoms with Crippen LogP contribution in [0.1, 0.15) is 59.5 Å². The number of carboxylic acid groups (broad SMARTS) is 2. The predicted octanol–water partition coefficient (Wildman–Crippen LogP) is 1.74. The van der Waals surface area contributed by atoms with Crippen molar-refractivity contribution in [1.29, 1.82) is 0 Å². The van der Waals surface area contributed by atoms with Gasteiger partial charge >= 0.3 is 11.9 Å². The van der Waals surface area contributed by atoms with Crippen molar-refractivity contribution in [3.63, 3.8) is 0 Å². The molecular weight excluding hydrogens is 484 g/mol. The molecule has 2 aliphatic heterocycles. The van der Waals surface area contributed by atoms with Gasteiger partial charge < -0.3 is 15.1 Å². The highest BCUT2D eigenvalue weighted by atomic mass is 16.4. The second-order valence-corrected chi connectivity index (χ2v) is 11.2. The zero-order chi connectivity index (χ0) is 27.9. The van der Waals surface area contributed by atoms with E-state index in [-0.39, 0.29) is 38.5 Å². The molecule has 8 heteroatoms. The summed E-state index contributed by atoms with van der Waals surface area (Å²) in [7, 11) is 3.71. The molecule has 0 aliphatic carbocycles. The van der Waals surface area contributed by atoms with Gasteiger partial charge in [0, 0.05) is 35.9 Å². The molecule has 3 aromatic carbocycles. The van der Waals surface area contributed by atoms with E-state index in [2.05, 4.69) is 0 Å². The van der Waals surface area contributed by atoms with Gasteiger partial charge in [-0.3, -0.25) is 9.59 Å². The molecule has 0 saturated heterocycles. The van der Waals surface area contributed by atoms with Gasteiger partial charge in [0.2, 0.25) is 16.5 Å². The minimum absolute atomic E-state index is 0.0987. The fourth-order valence-corrected chi connectivity index (χ4v) is 6.04. The number of fused-ring (bicyclic) bond motifs is 2. The number of hydrogen-bond acceptors (Lipinski definition) is 5. The van der Waals surface area contributed by atoms with Crippen molar-refractivity contribution in [3.8, 4) is 0 Å². The molecule has 0 spiro atoms. The third kappa shape index (κ3) is 3.40. The van der Waals surface area contributed by atoms with Gasteiger partial charge in [0.15, 0.2) is 5.71 Å². The van der Waals surface area contributed by atoms with Crippen molar-refractivity contribution in [1.82, 2.24) is 0 Å². The summed E-state index contributed by atoms with van der Waals surface area (Å²) in [5.41, 5.74) is 2.65. The first-order valence-corrected chi connectivity index (χ1v) is 12.3. The Labute approximate surface area is 218 Å². The molecule has 2 heterocycles. The van der Waals surface area contributed by atoms with Crippen molar-refractivity contribution < 1.29 is 24.4 Å². The van der Waals surface area contributed by atoms with Crippen LogP contribution in [-0.2, 0) is 10.8 Å². The van der Waals surface area contributed by atoms with Crippen LogP contribution in [0.4, 0.5) is 11.4 Å². The fourth-order valence-electron chi connectivity index (χ4n) is 6.04. The number of carbonyl (C=O) groups is 2. The Morgan fingerprint density at radius 1 is 0.895 bits per heavy atom. The number of anilines is 1. The van der Waals surface area contributed by atoms with E-state index < -0.39 is 22.8 Å². The van der Waals surface area contributed by atoms with Crippen LogP contribution < -0.4 is 26.2 Å². The molecule has 1 atom stereocenters. The van der Waals surface area contributed by atoms with E-state index in [1.807, 2.05) is 51.3 Å². The molecule has 2 aliphatic rings. The summed E-state index contributed by atoms with van der Waals surface area (Å²) in [6, 6.07) is 9.58. The molecule has 0 aromatic heterocycles. The van der Waals surface area contributed by atoms with E-state index in [1.165, 1.54) is 0 Å². The monoisotopic (exact) mass is 513 g/mol. The SMILES string of the molecule is CN1c2ccc(C(=O)O)cc2C(C)(C)C1C=c1c(=O)c(=CC2=[N+](C)c3ccc(C(=O)O)cc3C2(C)C)c1=O. The number of benzene rings is 2. The molecule has 3 aromatic rings.